The fourth-order valence-corrected chi connectivity index (χ4v) is 12.9. The van der Waals surface area contributed by atoms with E-state index in [4.69, 9.17) is 8.83 Å². The summed E-state index contributed by atoms with van der Waals surface area (Å²) in [6.07, 6.45) is 0. The van der Waals surface area contributed by atoms with Crippen LogP contribution in [0.15, 0.2) is 261 Å². The first-order chi connectivity index (χ1) is 34.7. The Morgan fingerprint density at radius 3 is 1.51 bits per heavy atom. The molecule has 0 bridgehead atoms. The van der Waals surface area contributed by atoms with Gasteiger partial charge in [-0.25, -0.2) is 0 Å². The van der Waals surface area contributed by atoms with Crippen LogP contribution in [0.25, 0.3) is 65.8 Å². The maximum absolute atomic E-state index is 7.27. The van der Waals surface area contributed by atoms with Gasteiger partial charge in [0.05, 0.1) is 10.3 Å². The van der Waals surface area contributed by atoms with E-state index in [1.54, 1.807) is 0 Å². The van der Waals surface area contributed by atoms with Crippen LogP contribution in [0.5, 0.6) is 0 Å². The first-order valence-electron chi connectivity index (χ1n) is 23.8. The molecule has 0 N–H and O–H groups in total. The molecule has 0 saturated carbocycles. The Hall–Kier alpha value is -8.77. The molecule has 2 aliphatic rings. The number of fused-ring (bicyclic) bond motifs is 17. The number of nitrogens with zero attached hydrogens (tertiary/aromatic N) is 2. The Morgan fingerprint density at radius 2 is 0.829 bits per heavy atom. The summed E-state index contributed by atoms with van der Waals surface area (Å²) in [5.74, 6) is 0. The highest BCUT2D eigenvalue weighted by molar-refractivity contribution is 7.99. The molecule has 0 atom stereocenters. The lowest BCUT2D eigenvalue weighted by molar-refractivity contribution is 0.649. The molecule has 3 heterocycles. The molecule has 1 aliphatic heterocycles. The van der Waals surface area contributed by atoms with E-state index in [1.165, 1.54) is 49.0 Å². The second kappa shape index (κ2) is 15.1. The summed E-state index contributed by atoms with van der Waals surface area (Å²) >= 11 is 1.83. The molecular weight excluding hydrogens is 873 g/mol. The summed E-state index contributed by atoms with van der Waals surface area (Å²) in [4.78, 5) is 7.05. The largest absolute Gasteiger partial charge is 0.456 e. The van der Waals surface area contributed by atoms with E-state index in [-0.39, 0.29) is 0 Å². The summed E-state index contributed by atoms with van der Waals surface area (Å²) in [7, 11) is 0. The van der Waals surface area contributed by atoms with Gasteiger partial charge in [0, 0.05) is 66.6 Å². The van der Waals surface area contributed by atoms with Crippen LogP contribution < -0.4 is 9.80 Å². The van der Waals surface area contributed by atoms with Gasteiger partial charge in [-0.05, 0) is 141 Å². The normalized spacial score (nSPS) is 13.2. The lowest BCUT2D eigenvalue weighted by Gasteiger charge is -2.40. The molecule has 15 rings (SSSR count). The molecule has 0 amide bonds. The molecule has 2 aromatic heterocycles. The van der Waals surface area contributed by atoms with E-state index in [2.05, 4.69) is 252 Å². The van der Waals surface area contributed by atoms with Gasteiger partial charge in [0.1, 0.15) is 22.3 Å². The van der Waals surface area contributed by atoms with Crippen LogP contribution in [0, 0.1) is 0 Å². The average Bonchev–Trinajstić information content (AvgIpc) is 4.08. The van der Waals surface area contributed by atoms with Gasteiger partial charge in [0.25, 0.3) is 0 Å². The van der Waals surface area contributed by atoms with Crippen LogP contribution >= 0.6 is 11.8 Å². The summed E-state index contributed by atoms with van der Waals surface area (Å²) in [6, 6.07) is 87.8. The fourth-order valence-electron chi connectivity index (χ4n) is 11.7. The minimum absolute atomic E-state index is 0.608. The molecule has 328 valence electrons. The Kier molecular flexibility index (Phi) is 8.48. The molecular formula is C65H40N2O2S. The lowest BCUT2D eigenvalue weighted by atomic mass is 9.67. The third-order valence-electron chi connectivity index (χ3n) is 14.7. The van der Waals surface area contributed by atoms with Gasteiger partial charge in [0.15, 0.2) is 0 Å². The highest BCUT2D eigenvalue weighted by Crippen LogP contribution is 2.64. The van der Waals surface area contributed by atoms with E-state index in [0.29, 0.717) is 0 Å². The fraction of sp³-hybridized carbons (Fsp3) is 0.0154. The number of benzene rings is 11. The zero-order valence-electron chi connectivity index (χ0n) is 37.7. The van der Waals surface area contributed by atoms with Crippen LogP contribution in [-0.2, 0) is 5.41 Å². The van der Waals surface area contributed by atoms with E-state index in [1.807, 2.05) is 11.8 Å². The van der Waals surface area contributed by atoms with Crippen molar-refractivity contribution in [1.29, 1.82) is 0 Å². The predicted octanol–water partition coefficient (Wildman–Crippen LogP) is 18.4. The SMILES string of the molecule is c1ccc(N(c2ccccc2)c2ccc3c(c2)C2(c4ccccc4-c4ccccc42)c2ccc4c(oc5cc(N(c6ccccc6)c6ccc7oc8cc9ccccc9cc8c7c6)ccc54)c2S3)cc1. The zero-order chi connectivity index (χ0) is 45.9. The number of hydrogen-bond acceptors (Lipinski definition) is 5. The van der Waals surface area contributed by atoms with Crippen molar-refractivity contribution in [2.75, 3.05) is 9.80 Å². The van der Waals surface area contributed by atoms with Gasteiger partial charge in [-0.3, -0.25) is 0 Å². The summed E-state index contributed by atoms with van der Waals surface area (Å²) in [5, 5.41) is 6.73. The van der Waals surface area contributed by atoms with E-state index < -0.39 is 5.41 Å². The van der Waals surface area contributed by atoms with Crippen LogP contribution in [0.1, 0.15) is 22.3 Å². The smallest absolute Gasteiger partial charge is 0.149 e. The minimum atomic E-state index is -0.608. The van der Waals surface area contributed by atoms with Crippen LogP contribution in [0.2, 0.25) is 0 Å². The van der Waals surface area contributed by atoms with E-state index in [0.717, 1.165) is 82.9 Å². The molecule has 70 heavy (non-hydrogen) atoms. The maximum Gasteiger partial charge on any atom is 0.149 e. The summed E-state index contributed by atoms with van der Waals surface area (Å²) in [6.45, 7) is 0. The molecule has 0 fully saturated rings. The van der Waals surface area contributed by atoms with Crippen molar-refractivity contribution in [2.45, 2.75) is 15.2 Å². The van der Waals surface area contributed by atoms with E-state index in [9.17, 15) is 0 Å². The molecule has 0 unspecified atom stereocenters. The number of rotatable bonds is 6. The van der Waals surface area contributed by atoms with Crippen molar-refractivity contribution in [3.05, 3.63) is 265 Å². The van der Waals surface area contributed by atoms with Crippen molar-refractivity contribution >= 4 is 101 Å². The third-order valence-corrected chi connectivity index (χ3v) is 15.8. The molecule has 11 aromatic carbocycles. The Balaban J connectivity index is 0.927. The molecule has 5 heteroatoms. The highest BCUT2D eigenvalue weighted by atomic mass is 32.2. The first kappa shape index (κ1) is 39.2. The molecule has 4 nitrogen and oxygen atoms in total. The van der Waals surface area contributed by atoms with Gasteiger partial charge < -0.3 is 18.6 Å². The van der Waals surface area contributed by atoms with Crippen molar-refractivity contribution in [1.82, 2.24) is 0 Å². The van der Waals surface area contributed by atoms with Gasteiger partial charge in [-0.2, -0.15) is 0 Å². The van der Waals surface area contributed by atoms with Crippen molar-refractivity contribution in [2.24, 2.45) is 0 Å². The highest BCUT2D eigenvalue weighted by Gasteiger charge is 2.51. The molecule has 0 saturated heterocycles. The zero-order valence-corrected chi connectivity index (χ0v) is 38.5. The second-order valence-electron chi connectivity index (χ2n) is 18.4. The number of para-hydroxylation sites is 3. The van der Waals surface area contributed by atoms with Crippen LogP contribution in [-0.4, -0.2) is 0 Å². The van der Waals surface area contributed by atoms with Gasteiger partial charge in [-0.1, -0.05) is 151 Å². The number of anilines is 6. The monoisotopic (exact) mass is 912 g/mol. The topological polar surface area (TPSA) is 32.8 Å². The van der Waals surface area contributed by atoms with Crippen LogP contribution in [0.3, 0.4) is 0 Å². The second-order valence-corrected chi connectivity index (χ2v) is 19.4. The molecule has 1 spiro atoms. The molecule has 13 aromatic rings. The summed E-state index contributed by atoms with van der Waals surface area (Å²) in [5.41, 5.74) is 16.9. The average molecular weight is 913 g/mol. The quantitative estimate of drug-likeness (QED) is 0.166. The van der Waals surface area contributed by atoms with Gasteiger partial charge in [0.2, 0.25) is 0 Å². The van der Waals surface area contributed by atoms with Crippen LogP contribution in [0.4, 0.5) is 34.1 Å². The number of hydrogen-bond donors (Lipinski definition) is 0. The van der Waals surface area contributed by atoms with Gasteiger partial charge in [-0.15, -0.1) is 0 Å². The Labute approximate surface area is 408 Å². The van der Waals surface area contributed by atoms with Crippen molar-refractivity contribution < 1.29 is 8.83 Å². The summed E-state index contributed by atoms with van der Waals surface area (Å²) < 4.78 is 13.7. The number of furan rings is 2. The van der Waals surface area contributed by atoms with E-state index >= 15 is 0 Å². The Bertz CT molecular complexity index is 4150. The third kappa shape index (κ3) is 5.67. The first-order valence-corrected chi connectivity index (χ1v) is 24.6. The maximum atomic E-state index is 7.27. The van der Waals surface area contributed by atoms with Gasteiger partial charge >= 0.3 is 0 Å². The lowest BCUT2D eigenvalue weighted by Crippen LogP contribution is -2.32. The van der Waals surface area contributed by atoms with Crippen molar-refractivity contribution in [3.8, 4) is 11.1 Å². The predicted molar refractivity (Wildman–Crippen MR) is 289 cm³/mol. The standard InChI is InChI=1S/C65H40N2O2S/c1-4-18-43(19-5-1)66(44-20-6-2-7-21-44)47-30-35-62-58(39-47)65(55-26-14-12-24-49(55)50-25-13-15-27-56(50)65)57-33-32-52-51-31-28-48(40-61(51)69-63(52)64(57)70-62)67(45-22-8-3-9-23-45)46-29-34-59-54(38-46)53-36-41-16-10-11-17-42(41)37-60(53)68-59/h1-40H. The molecule has 0 radical (unpaired) electrons. The van der Waals surface area contributed by atoms with Crippen molar-refractivity contribution in [3.63, 3.8) is 0 Å². The Morgan fingerprint density at radius 1 is 0.314 bits per heavy atom. The minimum Gasteiger partial charge on any atom is -0.456 e. The molecule has 1 aliphatic carbocycles.